The van der Waals surface area contributed by atoms with Gasteiger partial charge in [-0.25, -0.2) is 4.98 Å². The fourth-order valence-corrected chi connectivity index (χ4v) is 5.01. The Morgan fingerprint density at radius 2 is 1.77 bits per heavy atom. The molecule has 1 aromatic carbocycles. The fourth-order valence-electron chi connectivity index (χ4n) is 5.01. The summed E-state index contributed by atoms with van der Waals surface area (Å²) in [6.45, 7) is 9.65. The number of nitrogens with zero attached hydrogens (tertiary/aromatic N) is 4. The predicted molar refractivity (Wildman–Crippen MR) is 132 cm³/mol. The molecule has 0 bridgehead atoms. The normalized spacial score (nSPS) is 20.8. The number of hydrogen-bond acceptors (Lipinski definition) is 6. The topological polar surface area (TPSA) is 87.4 Å². The van der Waals surface area contributed by atoms with Gasteiger partial charge in [0.2, 0.25) is 0 Å². The van der Waals surface area contributed by atoms with Gasteiger partial charge in [0.05, 0.1) is 30.5 Å². The molecule has 2 aromatic heterocycles. The molecule has 0 spiro atoms. The molecule has 182 valence electrons. The van der Waals surface area contributed by atoms with Gasteiger partial charge in [-0.2, -0.15) is 0 Å². The summed E-state index contributed by atoms with van der Waals surface area (Å²) in [6, 6.07) is 10.9. The van der Waals surface area contributed by atoms with Crippen LogP contribution in [0.15, 0.2) is 48.2 Å². The monoisotopic (exact) mass is 474 g/mol. The molecule has 1 amide bonds. The van der Waals surface area contributed by atoms with Crippen molar-refractivity contribution in [3.8, 4) is 0 Å². The third-order valence-electron chi connectivity index (χ3n) is 6.94. The third kappa shape index (κ3) is 4.13. The van der Waals surface area contributed by atoms with Crippen LogP contribution in [0.25, 0.3) is 11.4 Å². The molecule has 0 aliphatic carbocycles. The van der Waals surface area contributed by atoms with Gasteiger partial charge in [0, 0.05) is 32.4 Å². The van der Waals surface area contributed by atoms with Crippen molar-refractivity contribution in [1.29, 1.82) is 0 Å². The van der Waals surface area contributed by atoms with E-state index in [0.29, 0.717) is 43.3 Å². The molecule has 2 saturated heterocycles. The van der Waals surface area contributed by atoms with Crippen LogP contribution in [0.5, 0.6) is 0 Å². The van der Waals surface area contributed by atoms with Gasteiger partial charge in [0.25, 0.3) is 11.7 Å². The zero-order valence-electron chi connectivity index (χ0n) is 20.3. The number of morpholine rings is 1. The first kappa shape index (κ1) is 23.3. The maximum absolute atomic E-state index is 13.4. The molecular formula is C27H30N4O4. The number of imidazole rings is 1. The Bertz CT molecular complexity index is 1320. The van der Waals surface area contributed by atoms with Crippen LogP contribution in [-0.2, 0) is 14.3 Å². The lowest BCUT2D eigenvalue weighted by molar-refractivity contribution is -0.140. The number of ketones is 1. The first-order chi connectivity index (χ1) is 16.9. The number of aromatic nitrogens is 2. The van der Waals surface area contributed by atoms with Crippen molar-refractivity contribution in [1.82, 2.24) is 19.2 Å². The van der Waals surface area contributed by atoms with Crippen molar-refractivity contribution >= 4 is 23.1 Å². The van der Waals surface area contributed by atoms with E-state index in [9.17, 15) is 14.7 Å². The fraction of sp³-hybridized carbons (Fsp3) is 0.370. The van der Waals surface area contributed by atoms with Gasteiger partial charge in [-0.1, -0.05) is 35.9 Å². The number of carbonyl (C=O) groups excluding carboxylic acids is 2. The predicted octanol–water partition coefficient (Wildman–Crippen LogP) is 3.01. The van der Waals surface area contributed by atoms with E-state index in [1.54, 1.807) is 16.2 Å². The van der Waals surface area contributed by atoms with Crippen molar-refractivity contribution < 1.29 is 19.4 Å². The van der Waals surface area contributed by atoms with Gasteiger partial charge in [0.15, 0.2) is 5.76 Å². The van der Waals surface area contributed by atoms with Crippen LogP contribution in [0.3, 0.4) is 0 Å². The molecule has 8 heteroatoms. The molecule has 5 rings (SSSR count). The number of aliphatic hydroxyl groups is 1. The van der Waals surface area contributed by atoms with Crippen LogP contribution in [0, 0.1) is 20.8 Å². The van der Waals surface area contributed by atoms with Gasteiger partial charge in [0.1, 0.15) is 11.3 Å². The zero-order chi connectivity index (χ0) is 24.7. The summed E-state index contributed by atoms with van der Waals surface area (Å²) >= 11 is 0. The second-order valence-electron chi connectivity index (χ2n) is 9.29. The maximum Gasteiger partial charge on any atom is 0.295 e. The first-order valence-corrected chi connectivity index (χ1v) is 12.0. The number of carbonyl (C=O) groups is 2. The van der Waals surface area contributed by atoms with E-state index >= 15 is 0 Å². The molecule has 2 fully saturated rings. The Labute approximate surface area is 204 Å². The summed E-state index contributed by atoms with van der Waals surface area (Å²) in [5, 5.41) is 11.6. The second kappa shape index (κ2) is 9.28. The van der Waals surface area contributed by atoms with Gasteiger partial charge in [-0.15, -0.1) is 0 Å². The molecule has 2 aliphatic rings. The van der Waals surface area contributed by atoms with E-state index in [0.717, 1.165) is 29.8 Å². The SMILES string of the molecule is Cc1ccc([C@H]2/C(=C(\O)c3c(C)nc4c(C)cccn34)C(=O)C(=O)N2CCN2CCOCC2)cc1. The highest BCUT2D eigenvalue weighted by atomic mass is 16.5. The minimum atomic E-state index is -0.675. The summed E-state index contributed by atoms with van der Waals surface area (Å²) in [4.78, 5) is 35.1. The number of rotatable bonds is 5. The molecule has 1 N–H and O–H groups in total. The van der Waals surface area contributed by atoms with E-state index in [-0.39, 0.29) is 11.3 Å². The number of pyridine rings is 1. The highest BCUT2D eigenvalue weighted by Crippen LogP contribution is 2.40. The van der Waals surface area contributed by atoms with E-state index in [4.69, 9.17) is 4.74 Å². The number of ether oxygens (including phenoxy) is 1. The molecule has 0 saturated carbocycles. The summed E-state index contributed by atoms with van der Waals surface area (Å²) in [5.74, 6) is -1.46. The average Bonchev–Trinajstić information content (AvgIpc) is 3.33. The van der Waals surface area contributed by atoms with Crippen LogP contribution in [0.2, 0.25) is 0 Å². The van der Waals surface area contributed by atoms with Crippen molar-refractivity contribution in [2.75, 3.05) is 39.4 Å². The molecule has 3 aromatic rings. The molecular weight excluding hydrogens is 444 g/mol. The largest absolute Gasteiger partial charge is 0.505 e. The van der Waals surface area contributed by atoms with E-state index in [1.807, 2.05) is 56.4 Å². The van der Waals surface area contributed by atoms with Crippen molar-refractivity contribution in [3.05, 3.63) is 76.2 Å². The lowest BCUT2D eigenvalue weighted by Crippen LogP contribution is -2.42. The average molecular weight is 475 g/mol. The van der Waals surface area contributed by atoms with Gasteiger partial charge in [-0.05, 0) is 38.0 Å². The number of hydrogen-bond donors (Lipinski definition) is 1. The summed E-state index contributed by atoms with van der Waals surface area (Å²) in [6.07, 6.45) is 1.81. The van der Waals surface area contributed by atoms with Gasteiger partial charge < -0.3 is 14.7 Å². The minimum absolute atomic E-state index is 0.104. The smallest absolute Gasteiger partial charge is 0.295 e. The van der Waals surface area contributed by atoms with Crippen LogP contribution in [-0.4, -0.2) is 75.4 Å². The number of Topliss-reactive ketones (excluding diaryl/α,β-unsaturated/α-hetero) is 1. The van der Waals surface area contributed by atoms with Crippen LogP contribution < -0.4 is 0 Å². The number of amides is 1. The standard InChI is InChI=1S/C27H30N4O4/c1-17-6-8-20(9-7-17)23-21(24(32)22-19(3)28-26-18(2)5-4-10-30(22)26)25(33)27(34)31(23)12-11-29-13-15-35-16-14-29/h4-10,23,32H,11-16H2,1-3H3/b24-21+/t23-/m0/s1. The lowest BCUT2D eigenvalue weighted by atomic mass is 9.95. The van der Waals surface area contributed by atoms with Crippen molar-refractivity contribution in [3.63, 3.8) is 0 Å². The second-order valence-corrected chi connectivity index (χ2v) is 9.29. The molecule has 0 unspecified atom stereocenters. The Kier molecular flexibility index (Phi) is 6.17. The summed E-state index contributed by atoms with van der Waals surface area (Å²) in [5.41, 5.74) is 4.67. The van der Waals surface area contributed by atoms with E-state index in [1.165, 1.54) is 0 Å². The number of likely N-dealkylation sites (tertiary alicyclic amines) is 1. The lowest BCUT2D eigenvalue weighted by Gasteiger charge is -2.31. The Balaban J connectivity index is 1.62. The zero-order valence-corrected chi connectivity index (χ0v) is 20.3. The first-order valence-electron chi connectivity index (χ1n) is 12.0. The van der Waals surface area contributed by atoms with Crippen LogP contribution >= 0.6 is 0 Å². The number of fused-ring (bicyclic) bond motifs is 1. The highest BCUT2D eigenvalue weighted by Gasteiger charge is 2.46. The molecule has 4 heterocycles. The molecule has 1 atom stereocenters. The van der Waals surface area contributed by atoms with Gasteiger partial charge >= 0.3 is 0 Å². The number of benzene rings is 1. The van der Waals surface area contributed by atoms with Gasteiger partial charge in [-0.3, -0.25) is 18.9 Å². The molecule has 2 aliphatic heterocycles. The molecule has 0 radical (unpaired) electrons. The maximum atomic E-state index is 13.4. The Morgan fingerprint density at radius 3 is 2.49 bits per heavy atom. The van der Waals surface area contributed by atoms with E-state index in [2.05, 4.69) is 9.88 Å². The quantitative estimate of drug-likeness (QED) is 0.348. The van der Waals surface area contributed by atoms with Crippen molar-refractivity contribution in [2.24, 2.45) is 0 Å². The van der Waals surface area contributed by atoms with Crippen LogP contribution in [0.4, 0.5) is 0 Å². The number of aryl methyl sites for hydroxylation is 3. The molecule has 35 heavy (non-hydrogen) atoms. The van der Waals surface area contributed by atoms with E-state index < -0.39 is 17.7 Å². The minimum Gasteiger partial charge on any atom is -0.505 e. The Hall–Kier alpha value is -3.49. The highest BCUT2D eigenvalue weighted by molar-refractivity contribution is 6.46. The third-order valence-corrected chi connectivity index (χ3v) is 6.94. The number of aliphatic hydroxyl groups excluding tert-OH is 1. The Morgan fingerprint density at radius 1 is 1.06 bits per heavy atom. The summed E-state index contributed by atoms with van der Waals surface area (Å²) < 4.78 is 7.22. The molecule has 8 nitrogen and oxygen atoms in total. The van der Waals surface area contributed by atoms with Crippen molar-refractivity contribution in [2.45, 2.75) is 26.8 Å². The summed E-state index contributed by atoms with van der Waals surface area (Å²) in [7, 11) is 0. The van der Waals surface area contributed by atoms with Crippen LogP contribution in [0.1, 0.15) is 34.1 Å².